The van der Waals surface area contributed by atoms with Crippen LogP contribution >= 0.6 is 23.2 Å². The van der Waals surface area contributed by atoms with Crippen LogP contribution in [0.5, 0.6) is 0 Å². The predicted octanol–water partition coefficient (Wildman–Crippen LogP) is 5.18. The molecule has 0 bridgehead atoms. The molecule has 36 heavy (non-hydrogen) atoms. The van der Waals surface area contributed by atoms with Crippen molar-refractivity contribution in [2.24, 2.45) is 0 Å². The van der Waals surface area contributed by atoms with Crippen LogP contribution in [-0.2, 0) is 26.2 Å². The summed E-state index contributed by atoms with van der Waals surface area (Å²) < 4.78 is 26.3. The van der Waals surface area contributed by atoms with Crippen LogP contribution in [0, 0.1) is 6.92 Å². The maximum absolute atomic E-state index is 13.4. The van der Waals surface area contributed by atoms with Gasteiger partial charge in [0, 0.05) is 35.6 Å². The Labute approximate surface area is 224 Å². The molecule has 0 spiro atoms. The first kappa shape index (κ1) is 29.9. The van der Waals surface area contributed by atoms with Gasteiger partial charge in [-0.2, -0.15) is 0 Å². The van der Waals surface area contributed by atoms with Crippen LogP contribution in [0.2, 0.25) is 10.0 Å². The number of aryl methyl sites for hydroxylation is 1. The second-order valence-electron chi connectivity index (χ2n) is 8.98. The molecule has 0 aliphatic rings. The van der Waals surface area contributed by atoms with Crippen LogP contribution in [0.1, 0.15) is 51.2 Å². The predicted molar refractivity (Wildman–Crippen MR) is 147 cm³/mol. The van der Waals surface area contributed by atoms with Crippen LogP contribution in [0.25, 0.3) is 0 Å². The van der Waals surface area contributed by atoms with Crippen LogP contribution in [-0.4, -0.2) is 50.0 Å². The van der Waals surface area contributed by atoms with Gasteiger partial charge in [0.05, 0.1) is 11.9 Å². The zero-order valence-corrected chi connectivity index (χ0v) is 23.8. The number of carbonyl (C=O) groups excluding carboxylic acids is 2. The topological polar surface area (TPSA) is 86.8 Å². The van der Waals surface area contributed by atoms with Crippen LogP contribution in [0.3, 0.4) is 0 Å². The van der Waals surface area contributed by atoms with Crippen molar-refractivity contribution in [3.05, 3.63) is 63.6 Å². The lowest BCUT2D eigenvalue weighted by Crippen LogP contribution is -2.49. The van der Waals surface area contributed by atoms with Crippen molar-refractivity contribution in [3.63, 3.8) is 0 Å². The number of benzene rings is 2. The largest absolute Gasteiger partial charge is 0.352 e. The number of sulfonamides is 1. The summed E-state index contributed by atoms with van der Waals surface area (Å²) in [5.74, 6) is -0.518. The maximum atomic E-state index is 13.4. The third-order valence-corrected chi connectivity index (χ3v) is 7.84. The lowest BCUT2D eigenvalue weighted by atomic mass is 10.1. The van der Waals surface area contributed by atoms with Gasteiger partial charge in [0.15, 0.2) is 0 Å². The molecule has 2 aromatic rings. The minimum Gasteiger partial charge on any atom is -0.352 e. The second-order valence-corrected chi connectivity index (χ2v) is 11.7. The van der Waals surface area contributed by atoms with Crippen LogP contribution in [0.4, 0.5) is 5.69 Å². The second kappa shape index (κ2) is 13.3. The molecular formula is C26H35Cl2N3O4S. The van der Waals surface area contributed by atoms with E-state index in [-0.39, 0.29) is 43.8 Å². The average molecular weight is 557 g/mol. The van der Waals surface area contributed by atoms with E-state index >= 15 is 0 Å². The van der Waals surface area contributed by atoms with Crippen LogP contribution in [0.15, 0.2) is 42.5 Å². The number of halogens is 2. The fourth-order valence-corrected chi connectivity index (χ4v) is 5.07. The molecule has 0 saturated heterocycles. The number of nitrogens with zero attached hydrogens (tertiary/aromatic N) is 2. The van der Waals surface area contributed by atoms with Gasteiger partial charge in [-0.1, -0.05) is 54.4 Å². The molecule has 7 nitrogen and oxygen atoms in total. The number of anilines is 1. The van der Waals surface area contributed by atoms with E-state index in [1.54, 1.807) is 44.2 Å². The highest BCUT2D eigenvalue weighted by Gasteiger charge is 2.28. The van der Waals surface area contributed by atoms with Crippen molar-refractivity contribution in [2.45, 2.75) is 65.6 Å². The van der Waals surface area contributed by atoms with Gasteiger partial charge < -0.3 is 10.2 Å². The molecule has 0 heterocycles. The van der Waals surface area contributed by atoms with E-state index in [0.717, 1.165) is 23.8 Å². The van der Waals surface area contributed by atoms with E-state index in [4.69, 9.17) is 23.2 Å². The van der Waals surface area contributed by atoms with E-state index in [1.807, 2.05) is 26.0 Å². The molecule has 198 valence electrons. The molecule has 2 atom stereocenters. The van der Waals surface area contributed by atoms with Crippen molar-refractivity contribution >= 4 is 50.7 Å². The Hall–Kier alpha value is -2.29. The summed E-state index contributed by atoms with van der Waals surface area (Å²) in [5.41, 5.74) is 1.96. The lowest BCUT2D eigenvalue weighted by Gasteiger charge is -2.30. The molecular weight excluding hydrogens is 521 g/mol. The number of nitrogens with one attached hydrogen (secondary N) is 1. The van der Waals surface area contributed by atoms with Gasteiger partial charge in [0.1, 0.15) is 6.04 Å². The first-order valence-electron chi connectivity index (χ1n) is 11.9. The van der Waals surface area contributed by atoms with E-state index in [9.17, 15) is 18.0 Å². The van der Waals surface area contributed by atoms with Crippen molar-refractivity contribution in [1.29, 1.82) is 0 Å². The van der Waals surface area contributed by atoms with Gasteiger partial charge in [-0.05, 0) is 62.9 Å². The Morgan fingerprint density at radius 1 is 1.08 bits per heavy atom. The van der Waals surface area contributed by atoms with Crippen molar-refractivity contribution in [1.82, 2.24) is 10.2 Å². The molecule has 0 saturated carbocycles. The highest BCUT2D eigenvalue weighted by atomic mass is 35.5. The molecule has 2 amide bonds. The highest BCUT2D eigenvalue weighted by Crippen LogP contribution is 2.27. The molecule has 0 aromatic heterocycles. The molecule has 2 aromatic carbocycles. The Morgan fingerprint density at radius 3 is 2.36 bits per heavy atom. The van der Waals surface area contributed by atoms with Gasteiger partial charge in [0.2, 0.25) is 21.8 Å². The summed E-state index contributed by atoms with van der Waals surface area (Å²) in [6.45, 7) is 7.62. The number of rotatable bonds is 12. The summed E-state index contributed by atoms with van der Waals surface area (Å²) in [6.07, 6.45) is 2.20. The van der Waals surface area contributed by atoms with Gasteiger partial charge >= 0.3 is 0 Å². The Balaban J connectivity index is 2.22. The Morgan fingerprint density at radius 2 is 1.75 bits per heavy atom. The third kappa shape index (κ3) is 8.39. The molecule has 0 fully saturated rings. The monoisotopic (exact) mass is 555 g/mol. The first-order valence-corrected chi connectivity index (χ1v) is 14.5. The lowest BCUT2D eigenvalue weighted by molar-refractivity contribution is -0.140. The summed E-state index contributed by atoms with van der Waals surface area (Å²) >= 11 is 12.4. The van der Waals surface area contributed by atoms with Crippen LogP contribution < -0.4 is 9.62 Å². The number of hydrogen-bond acceptors (Lipinski definition) is 4. The molecule has 0 radical (unpaired) electrons. The molecule has 10 heteroatoms. The quantitative estimate of drug-likeness (QED) is 0.391. The normalized spacial score (nSPS) is 13.1. The van der Waals surface area contributed by atoms with E-state index in [0.29, 0.717) is 15.7 Å². The Kier molecular flexibility index (Phi) is 11.1. The first-order chi connectivity index (χ1) is 16.8. The number of amides is 2. The molecule has 2 rings (SSSR count). The minimum absolute atomic E-state index is 0.0264. The maximum Gasteiger partial charge on any atom is 0.242 e. The molecule has 0 aliphatic carbocycles. The Bertz CT molecular complexity index is 1170. The summed E-state index contributed by atoms with van der Waals surface area (Å²) in [4.78, 5) is 27.7. The molecule has 1 N–H and O–H groups in total. The fourth-order valence-electron chi connectivity index (χ4n) is 3.69. The average Bonchev–Trinajstić information content (AvgIpc) is 2.81. The third-order valence-electron chi connectivity index (χ3n) is 6.06. The molecule has 0 aliphatic heterocycles. The fraction of sp³-hybridized carbons (Fsp3) is 0.462. The zero-order chi connectivity index (χ0) is 27.0. The smallest absolute Gasteiger partial charge is 0.242 e. The van der Waals surface area contributed by atoms with E-state index in [2.05, 4.69) is 5.32 Å². The zero-order valence-electron chi connectivity index (χ0n) is 21.4. The standard InChI is InChI=1S/C26H35Cl2N3O4S/c1-6-19(3)29-26(33)20(4)30(17-21-10-7-8-11-23(21)28)25(32)12-9-15-31(36(5,34)35)24-16-22(27)14-13-18(24)2/h7-8,10-11,13-14,16,19-20H,6,9,12,15,17H2,1-5H3,(H,29,33)/t19-,20-/m1/s1. The number of carbonyl (C=O) groups is 2. The summed E-state index contributed by atoms with van der Waals surface area (Å²) in [7, 11) is -3.61. The summed E-state index contributed by atoms with van der Waals surface area (Å²) in [6, 6.07) is 11.5. The van der Waals surface area contributed by atoms with E-state index < -0.39 is 16.1 Å². The van der Waals surface area contributed by atoms with E-state index in [1.165, 1.54) is 9.21 Å². The number of hydrogen-bond donors (Lipinski definition) is 1. The van der Waals surface area contributed by atoms with Gasteiger partial charge in [0.25, 0.3) is 0 Å². The minimum atomic E-state index is -3.61. The highest BCUT2D eigenvalue weighted by molar-refractivity contribution is 7.92. The van der Waals surface area contributed by atoms with Crippen molar-refractivity contribution in [3.8, 4) is 0 Å². The molecule has 0 unspecified atom stereocenters. The van der Waals surface area contributed by atoms with Gasteiger partial charge in [-0.15, -0.1) is 0 Å². The van der Waals surface area contributed by atoms with Gasteiger partial charge in [-0.25, -0.2) is 8.42 Å². The van der Waals surface area contributed by atoms with Crippen molar-refractivity contribution < 1.29 is 18.0 Å². The van der Waals surface area contributed by atoms with Crippen molar-refractivity contribution in [2.75, 3.05) is 17.1 Å². The summed E-state index contributed by atoms with van der Waals surface area (Å²) in [5, 5.41) is 3.85. The van der Waals surface area contributed by atoms with Gasteiger partial charge in [-0.3, -0.25) is 13.9 Å². The SMILES string of the molecule is CC[C@@H](C)NC(=O)[C@@H](C)N(Cc1ccccc1Cl)C(=O)CCCN(c1cc(Cl)ccc1C)S(C)(=O)=O.